The van der Waals surface area contributed by atoms with Gasteiger partial charge in [-0.05, 0) is 34.7 Å². The van der Waals surface area contributed by atoms with Crippen LogP contribution in [-0.2, 0) is 0 Å². The van der Waals surface area contributed by atoms with E-state index in [0.717, 1.165) is 20.9 Å². The molecule has 0 radical (unpaired) electrons. The van der Waals surface area contributed by atoms with E-state index in [1.807, 2.05) is 48.5 Å². The van der Waals surface area contributed by atoms with Crippen LogP contribution in [0.15, 0.2) is 48.5 Å². The number of hydrogen-bond donors (Lipinski definition) is 0. The third-order valence-electron chi connectivity index (χ3n) is 2.26. The lowest BCUT2D eigenvalue weighted by Crippen LogP contribution is -2.05. The molecule has 0 aliphatic carbocycles. The van der Waals surface area contributed by atoms with Gasteiger partial charge in [0.15, 0.2) is 0 Å². The van der Waals surface area contributed by atoms with Gasteiger partial charge in [0.05, 0.1) is 0 Å². The SMILES string of the molecule is C=c1ccc(=C=C=c2ccc(=C)cc2)cc1. The van der Waals surface area contributed by atoms with E-state index >= 15 is 0 Å². The standard InChI is InChI=1S/C16H12/c1-13-3-7-15(8-4-13)11-12-16-9-5-14(2)6-10-16/h3-10H,1-2H2. The van der Waals surface area contributed by atoms with Gasteiger partial charge in [-0.1, -0.05) is 48.9 Å². The van der Waals surface area contributed by atoms with Crippen molar-refractivity contribution in [1.82, 2.24) is 0 Å². The van der Waals surface area contributed by atoms with Gasteiger partial charge in [-0.25, -0.2) is 0 Å². The Hall–Kier alpha value is -2.26. The number of rotatable bonds is 0. The first-order valence-electron chi connectivity index (χ1n) is 5.10. The summed E-state index contributed by atoms with van der Waals surface area (Å²) < 4.78 is 0. The average molecular weight is 204 g/mol. The lowest BCUT2D eigenvalue weighted by Gasteiger charge is -1.81. The molecule has 0 unspecified atom stereocenters. The second kappa shape index (κ2) is 4.51. The summed E-state index contributed by atoms with van der Waals surface area (Å²) in [5.41, 5.74) is 6.22. The Morgan fingerprint density at radius 2 is 0.875 bits per heavy atom. The molecule has 0 aliphatic rings. The first kappa shape index (κ1) is 10.3. The van der Waals surface area contributed by atoms with E-state index in [-0.39, 0.29) is 0 Å². The monoisotopic (exact) mass is 204 g/mol. The molecule has 2 rings (SSSR count). The van der Waals surface area contributed by atoms with Gasteiger partial charge in [-0.3, -0.25) is 0 Å². The highest BCUT2D eigenvalue weighted by molar-refractivity contribution is 5.39. The predicted molar refractivity (Wildman–Crippen MR) is 69.2 cm³/mol. The van der Waals surface area contributed by atoms with Crippen molar-refractivity contribution in [1.29, 1.82) is 0 Å². The van der Waals surface area contributed by atoms with E-state index in [0.29, 0.717) is 0 Å². The Kier molecular flexibility index (Phi) is 2.89. The molecular formula is C16H12. The fraction of sp³-hybridized carbons (Fsp3) is 0. The molecule has 0 fully saturated rings. The smallest absolute Gasteiger partial charge is 0.0249 e. The van der Waals surface area contributed by atoms with Crippen LogP contribution < -0.4 is 20.9 Å². The normalized spacial score (nSPS) is 9.25. The van der Waals surface area contributed by atoms with Gasteiger partial charge in [0.2, 0.25) is 0 Å². The van der Waals surface area contributed by atoms with Gasteiger partial charge in [0.1, 0.15) is 0 Å². The Bertz CT molecular complexity index is 642. The summed E-state index contributed by atoms with van der Waals surface area (Å²) in [4.78, 5) is 0. The lowest BCUT2D eigenvalue weighted by molar-refractivity contribution is 1.56. The van der Waals surface area contributed by atoms with Crippen LogP contribution in [0.4, 0.5) is 0 Å². The molecule has 0 heteroatoms. The van der Waals surface area contributed by atoms with E-state index in [1.54, 1.807) is 0 Å². The highest BCUT2D eigenvalue weighted by Crippen LogP contribution is 1.68. The van der Waals surface area contributed by atoms with Crippen LogP contribution >= 0.6 is 0 Å². The zero-order chi connectivity index (χ0) is 11.4. The molecule has 0 aliphatic heterocycles. The third kappa shape index (κ3) is 2.62. The summed E-state index contributed by atoms with van der Waals surface area (Å²) >= 11 is 0. The molecule has 2 aromatic carbocycles. The van der Waals surface area contributed by atoms with Gasteiger partial charge in [-0.15, -0.1) is 0 Å². The molecule has 0 nitrogen and oxygen atoms in total. The molecule has 0 atom stereocenters. The van der Waals surface area contributed by atoms with Crippen molar-refractivity contribution < 1.29 is 0 Å². The van der Waals surface area contributed by atoms with Gasteiger partial charge >= 0.3 is 0 Å². The summed E-state index contributed by atoms with van der Waals surface area (Å²) in [7, 11) is 0. The molecule has 0 aromatic heterocycles. The second-order valence-corrected chi connectivity index (χ2v) is 3.64. The third-order valence-corrected chi connectivity index (χ3v) is 2.26. The topological polar surface area (TPSA) is 0 Å². The summed E-state index contributed by atoms with van der Waals surface area (Å²) in [6.07, 6.45) is 0. The summed E-state index contributed by atoms with van der Waals surface area (Å²) in [5.74, 6) is 0. The van der Waals surface area contributed by atoms with Crippen molar-refractivity contribution in [3.05, 3.63) is 69.4 Å². The first-order chi connectivity index (χ1) is 7.74. The van der Waals surface area contributed by atoms with Gasteiger partial charge in [0.25, 0.3) is 0 Å². The van der Waals surface area contributed by atoms with E-state index < -0.39 is 0 Å². The molecular weight excluding hydrogens is 192 g/mol. The molecule has 0 N–H and O–H groups in total. The molecule has 0 saturated heterocycles. The lowest BCUT2D eigenvalue weighted by atomic mass is 10.2. The van der Waals surface area contributed by atoms with Crippen LogP contribution in [0.5, 0.6) is 0 Å². The summed E-state index contributed by atoms with van der Waals surface area (Å²) in [6.45, 7) is 7.67. The zero-order valence-electron chi connectivity index (χ0n) is 9.03. The minimum atomic E-state index is 1.01. The van der Waals surface area contributed by atoms with Crippen LogP contribution in [0, 0.1) is 0 Å². The number of benzene rings is 2. The van der Waals surface area contributed by atoms with Crippen LogP contribution in [-0.4, -0.2) is 0 Å². The Morgan fingerprint density at radius 3 is 1.19 bits per heavy atom. The predicted octanol–water partition coefficient (Wildman–Crippen LogP) is 0.522. The fourth-order valence-corrected chi connectivity index (χ4v) is 1.32. The van der Waals surface area contributed by atoms with Crippen molar-refractivity contribution >= 4 is 24.6 Å². The first-order valence-corrected chi connectivity index (χ1v) is 5.10. The van der Waals surface area contributed by atoms with E-state index in [2.05, 4.69) is 24.6 Å². The largest absolute Gasteiger partial charge is 0.0918 e. The van der Waals surface area contributed by atoms with Crippen LogP contribution in [0.1, 0.15) is 0 Å². The number of hydrogen-bond acceptors (Lipinski definition) is 0. The minimum Gasteiger partial charge on any atom is -0.0918 e. The Morgan fingerprint density at radius 1 is 0.562 bits per heavy atom. The molecule has 0 saturated carbocycles. The van der Waals surface area contributed by atoms with Crippen molar-refractivity contribution in [2.75, 3.05) is 0 Å². The van der Waals surface area contributed by atoms with Gasteiger partial charge in [0, 0.05) is 10.4 Å². The molecule has 76 valence electrons. The van der Waals surface area contributed by atoms with E-state index in [9.17, 15) is 0 Å². The van der Waals surface area contributed by atoms with Crippen LogP contribution in [0.2, 0.25) is 0 Å². The second-order valence-electron chi connectivity index (χ2n) is 3.64. The molecule has 0 bridgehead atoms. The maximum Gasteiger partial charge on any atom is 0.0249 e. The molecule has 2 aromatic rings. The van der Waals surface area contributed by atoms with Crippen molar-refractivity contribution in [3.63, 3.8) is 0 Å². The maximum absolute atomic E-state index is 3.83. The fourth-order valence-electron chi connectivity index (χ4n) is 1.32. The maximum atomic E-state index is 3.83. The summed E-state index contributed by atoms with van der Waals surface area (Å²) in [5, 5.41) is 4.02. The Labute approximate surface area is 94.5 Å². The molecule has 0 spiro atoms. The van der Waals surface area contributed by atoms with Gasteiger partial charge < -0.3 is 0 Å². The highest BCUT2D eigenvalue weighted by atomic mass is 13.8. The quantitative estimate of drug-likeness (QED) is 0.587. The van der Waals surface area contributed by atoms with Crippen LogP contribution in [0.3, 0.4) is 0 Å². The summed E-state index contributed by atoms with van der Waals surface area (Å²) in [6, 6.07) is 15.8. The Balaban J connectivity index is 2.70. The van der Waals surface area contributed by atoms with E-state index in [1.165, 1.54) is 0 Å². The van der Waals surface area contributed by atoms with Crippen molar-refractivity contribution in [3.8, 4) is 0 Å². The highest BCUT2D eigenvalue weighted by Gasteiger charge is 1.75. The molecule has 16 heavy (non-hydrogen) atoms. The molecule has 0 heterocycles. The van der Waals surface area contributed by atoms with Crippen LogP contribution in [0.25, 0.3) is 24.6 Å². The minimum absolute atomic E-state index is 1.01. The van der Waals surface area contributed by atoms with Gasteiger partial charge in [-0.2, -0.15) is 0 Å². The van der Waals surface area contributed by atoms with Crippen molar-refractivity contribution in [2.45, 2.75) is 0 Å². The van der Waals surface area contributed by atoms with E-state index in [4.69, 9.17) is 0 Å². The van der Waals surface area contributed by atoms with Crippen molar-refractivity contribution in [2.24, 2.45) is 0 Å². The molecule has 0 amide bonds. The zero-order valence-corrected chi connectivity index (χ0v) is 9.03. The average Bonchev–Trinajstić information content (AvgIpc) is 2.30.